The maximum absolute atomic E-state index is 13.8. The van der Waals surface area contributed by atoms with E-state index in [2.05, 4.69) is 18.7 Å². The van der Waals surface area contributed by atoms with Crippen LogP contribution in [0.2, 0.25) is 0 Å². The van der Waals surface area contributed by atoms with Gasteiger partial charge in [-0.3, -0.25) is 0 Å². The van der Waals surface area contributed by atoms with Crippen LogP contribution < -0.4 is 0 Å². The van der Waals surface area contributed by atoms with Crippen LogP contribution in [0.3, 0.4) is 0 Å². The first-order chi connectivity index (χ1) is 8.95. The lowest BCUT2D eigenvalue weighted by atomic mass is 9.97. The smallest absolute Gasteiger partial charge is 0.127 e. The van der Waals surface area contributed by atoms with Crippen molar-refractivity contribution in [2.75, 3.05) is 5.75 Å². The van der Waals surface area contributed by atoms with Crippen LogP contribution in [0.1, 0.15) is 49.3 Å². The van der Waals surface area contributed by atoms with Gasteiger partial charge in [0.2, 0.25) is 0 Å². The minimum absolute atomic E-state index is 0.135. The predicted molar refractivity (Wildman–Crippen MR) is 82.3 cm³/mol. The molecular formula is C15H18FNS2. The molecule has 0 unspecified atom stereocenters. The Balaban J connectivity index is 2.13. The molecule has 1 aromatic rings. The van der Waals surface area contributed by atoms with Crippen LogP contribution in [0.4, 0.5) is 4.39 Å². The van der Waals surface area contributed by atoms with Crippen LogP contribution in [0.15, 0.2) is 12.1 Å². The van der Waals surface area contributed by atoms with E-state index in [-0.39, 0.29) is 16.5 Å². The van der Waals surface area contributed by atoms with Crippen LogP contribution >= 0.6 is 24.4 Å². The van der Waals surface area contributed by atoms with Crippen molar-refractivity contribution in [3.8, 4) is 6.07 Å². The number of thioether (sulfide) groups is 1. The average molecular weight is 295 g/mol. The molecule has 1 aliphatic rings. The molecule has 0 saturated heterocycles. The number of halogens is 1. The van der Waals surface area contributed by atoms with Crippen LogP contribution in [-0.4, -0.2) is 10.5 Å². The second-order valence-electron chi connectivity index (χ2n) is 5.51. The number of thiol groups is 1. The summed E-state index contributed by atoms with van der Waals surface area (Å²) in [7, 11) is 0. The highest BCUT2D eigenvalue weighted by atomic mass is 32.2. The Labute approximate surface area is 124 Å². The van der Waals surface area contributed by atoms with Crippen molar-refractivity contribution in [2.45, 2.75) is 43.1 Å². The number of nitrogens with zero attached hydrogens (tertiary/aromatic N) is 1. The summed E-state index contributed by atoms with van der Waals surface area (Å²) in [6, 6.07) is 5.32. The fourth-order valence-electron chi connectivity index (χ4n) is 1.94. The summed E-state index contributed by atoms with van der Waals surface area (Å²) in [4.78, 5) is 0. The highest BCUT2D eigenvalue weighted by molar-refractivity contribution is 7.99. The lowest BCUT2D eigenvalue weighted by molar-refractivity contribution is 0.597. The molecule has 19 heavy (non-hydrogen) atoms. The zero-order chi connectivity index (χ0) is 14.0. The quantitative estimate of drug-likeness (QED) is 0.808. The third-order valence-corrected chi connectivity index (χ3v) is 5.51. The van der Waals surface area contributed by atoms with E-state index < -0.39 is 0 Å². The first kappa shape index (κ1) is 14.7. The summed E-state index contributed by atoms with van der Waals surface area (Å²) in [5.74, 6) is 1.62. The van der Waals surface area contributed by atoms with Crippen LogP contribution in [0.25, 0.3) is 0 Å². The summed E-state index contributed by atoms with van der Waals surface area (Å²) in [6.45, 7) is 3.93. The molecule has 102 valence electrons. The van der Waals surface area contributed by atoms with E-state index in [1.54, 1.807) is 11.8 Å². The van der Waals surface area contributed by atoms with Gasteiger partial charge in [-0.25, -0.2) is 4.39 Å². The molecule has 0 atom stereocenters. The molecule has 0 amide bonds. The zero-order valence-electron chi connectivity index (χ0n) is 11.2. The summed E-state index contributed by atoms with van der Waals surface area (Å²) >= 11 is 6.37. The Hall–Kier alpha value is -0.660. The zero-order valence-corrected chi connectivity index (χ0v) is 13.0. The molecule has 1 aliphatic carbocycles. The molecule has 2 rings (SSSR count). The number of benzene rings is 1. The molecule has 0 aliphatic heterocycles. The standard InChI is InChI=1S/C15H18FNS2/c1-10(2)13-5-12(11(7-17)6-14(13)16)8-19-9-15(18)3-4-15/h5-6,10,18H,3-4,8-9H2,1-2H3. The fraction of sp³-hybridized carbons (Fsp3) is 0.533. The van der Waals surface area contributed by atoms with Crippen LogP contribution in [0, 0.1) is 17.1 Å². The van der Waals surface area contributed by atoms with E-state index in [0.29, 0.717) is 11.1 Å². The molecule has 1 aromatic carbocycles. The van der Waals surface area contributed by atoms with Gasteiger partial charge in [-0.2, -0.15) is 29.7 Å². The lowest BCUT2D eigenvalue weighted by Crippen LogP contribution is -2.03. The maximum atomic E-state index is 13.8. The first-order valence-electron chi connectivity index (χ1n) is 6.48. The molecule has 1 fully saturated rings. The van der Waals surface area contributed by atoms with Gasteiger partial charge < -0.3 is 0 Å². The molecule has 0 spiro atoms. The second-order valence-corrected chi connectivity index (χ2v) is 7.45. The van der Waals surface area contributed by atoms with E-state index in [9.17, 15) is 4.39 Å². The molecular weight excluding hydrogens is 277 g/mol. The highest BCUT2D eigenvalue weighted by Gasteiger charge is 2.38. The van der Waals surface area contributed by atoms with Crippen molar-refractivity contribution in [1.82, 2.24) is 0 Å². The van der Waals surface area contributed by atoms with Gasteiger partial charge >= 0.3 is 0 Å². The normalized spacial score (nSPS) is 16.4. The minimum atomic E-state index is -0.270. The molecule has 1 saturated carbocycles. The van der Waals surface area contributed by atoms with Crippen molar-refractivity contribution in [1.29, 1.82) is 5.26 Å². The van der Waals surface area contributed by atoms with Gasteiger partial charge in [0.25, 0.3) is 0 Å². The topological polar surface area (TPSA) is 23.8 Å². The third-order valence-electron chi connectivity index (χ3n) is 3.42. The molecule has 4 heteroatoms. The molecule has 0 heterocycles. The van der Waals surface area contributed by atoms with Gasteiger partial charge in [-0.15, -0.1) is 0 Å². The Morgan fingerprint density at radius 1 is 1.47 bits per heavy atom. The predicted octanol–water partition coefficient (Wildman–Crippen LogP) is 4.52. The number of hydrogen-bond donors (Lipinski definition) is 1. The summed E-state index contributed by atoms with van der Waals surface area (Å²) in [5, 5.41) is 9.10. The summed E-state index contributed by atoms with van der Waals surface area (Å²) in [6.07, 6.45) is 2.35. The van der Waals surface area contributed by atoms with Gasteiger partial charge in [-0.05, 0) is 36.0 Å². The van der Waals surface area contributed by atoms with E-state index in [0.717, 1.165) is 17.1 Å². The molecule has 0 aromatic heterocycles. The lowest BCUT2D eigenvalue weighted by Gasteiger charge is -2.12. The van der Waals surface area contributed by atoms with E-state index in [1.165, 1.54) is 18.9 Å². The van der Waals surface area contributed by atoms with Crippen molar-refractivity contribution in [3.63, 3.8) is 0 Å². The van der Waals surface area contributed by atoms with Gasteiger partial charge in [0.15, 0.2) is 0 Å². The van der Waals surface area contributed by atoms with Crippen molar-refractivity contribution >= 4 is 24.4 Å². The Kier molecular flexibility index (Phi) is 4.47. The average Bonchev–Trinajstić information content (AvgIpc) is 3.08. The van der Waals surface area contributed by atoms with Gasteiger partial charge in [0, 0.05) is 16.3 Å². The van der Waals surface area contributed by atoms with Gasteiger partial charge in [-0.1, -0.05) is 19.9 Å². The monoisotopic (exact) mass is 295 g/mol. The van der Waals surface area contributed by atoms with Crippen molar-refractivity contribution in [2.24, 2.45) is 0 Å². The SMILES string of the molecule is CC(C)c1cc(CSCC2(S)CC2)c(C#N)cc1F. The van der Waals surface area contributed by atoms with Crippen LogP contribution in [-0.2, 0) is 5.75 Å². The maximum Gasteiger partial charge on any atom is 0.127 e. The second kappa shape index (κ2) is 5.76. The highest BCUT2D eigenvalue weighted by Crippen LogP contribution is 2.45. The first-order valence-corrected chi connectivity index (χ1v) is 8.08. The number of nitriles is 1. The Morgan fingerprint density at radius 2 is 2.16 bits per heavy atom. The summed E-state index contributed by atoms with van der Waals surface area (Å²) < 4.78 is 14.0. The molecule has 0 bridgehead atoms. The fourth-order valence-corrected chi connectivity index (χ4v) is 3.56. The van der Waals surface area contributed by atoms with E-state index >= 15 is 0 Å². The van der Waals surface area contributed by atoms with E-state index in [1.807, 2.05) is 19.9 Å². The van der Waals surface area contributed by atoms with E-state index in [4.69, 9.17) is 5.26 Å². The van der Waals surface area contributed by atoms with Gasteiger partial charge in [0.05, 0.1) is 11.6 Å². The third kappa shape index (κ3) is 3.67. The molecule has 0 radical (unpaired) electrons. The Morgan fingerprint density at radius 3 is 2.68 bits per heavy atom. The molecule has 1 nitrogen and oxygen atoms in total. The minimum Gasteiger partial charge on any atom is -0.207 e. The summed E-state index contributed by atoms with van der Waals surface area (Å²) in [5.41, 5.74) is 2.09. The number of rotatable bonds is 5. The molecule has 0 N–H and O–H groups in total. The largest absolute Gasteiger partial charge is 0.207 e. The number of hydrogen-bond acceptors (Lipinski definition) is 3. The van der Waals surface area contributed by atoms with Gasteiger partial charge in [0.1, 0.15) is 5.82 Å². The Bertz CT molecular complexity index is 516. The van der Waals surface area contributed by atoms with Crippen molar-refractivity contribution < 1.29 is 4.39 Å². The van der Waals surface area contributed by atoms with Crippen LogP contribution in [0.5, 0.6) is 0 Å². The van der Waals surface area contributed by atoms with Crippen molar-refractivity contribution in [3.05, 3.63) is 34.6 Å².